The number of quaternary nitrogens is 1. The van der Waals surface area contributed by atoms with Crippen LogP contribution in [0.4, 0.5) is 0 Å². The van der Waals surface area contributed by atoms with Gasteiger partial charge >= 0.3 is 19.8 Å². The summed E-state index contributed by atoms with van der Waals surface area (Å²) in [5.74, 6) is -0.861. The lowest BCUT2D eigenvalue weighted by Gasteiger charge is -2.24. The van der Waals surface area contributed by atoms with Crippen molar-refractivity contribution in [3.8, 4) is 0 Å². The molecule has 1 unspecified atom stereocenters. The van der Waals surface area contributed by atoms with Crippen LogP contribution >= 0.6 is 7.82 Å². The van der Waals surface area contributed by atoms with Crippen LogP contribution in [0.2, 0.25) is 0 Å². The van der Waals surface area contributed by atoms with Gasteiger partial charge in [-0.15, -0.1) is 0 Å². The molecular formula is C45H81NO8P+. The molecule has 0 rings (SSSR count). The molecule has 0 radical (unpaired) electrons. The molecule has 0 saturated heterocycles. The maximum absolute atomic E-state index is 12.7. The van der Waals surface area contributed by atoms with Gasteiger partial charge in [-0.25, -0.2) is 4.57 Å². The average molecular weight is 795 g/mol. The first-order chi connectivity index (χ1) is 26.5. The van der Waals surface area contributed by atoms with Crippen molar-refractivity contribution in [2.24, 2.45) is 0 Å². The van der Waals surface area contributed by atoms with Gasteiger partial charge in [0, 0.05) is 12.8 Å². The molecule has 0 saturated carbocycles. The summed E-state index contributed by atoms with van der Waals surface area (Å²) in [7, 11) is 1.44. The Bertz CT molecular complexity index is 1120. The third kappa shape index (κ3) is 41.2. The highest BCUT2D eigenvalue weighted by molar-refractivity contribution is 7.47. The van der Waals surface area contributed by atoms with Crippen LogP contribution in [-0.2, 0) is 32.7 Å². The molecule has 10 heteroatoms. The predicted octanol–water partition coefficient (Wildman–Crippen LogP) is 12.1. The van der Waals surface area contributed by atoms with E-state index in [-0.39, 0.29) is 26.1 Å². The number of ether oxygens (including phenoxy) is 2. The number of phosphoric ester groups is 1. The smallest absolute Gasteiger partial charge is 0.462 e. The molecule has 0 aromatic carbocycles. The maximum Gasteiger partial charge on any atom is 0.472 e. The van der Waals surface area contributed by atoms with Crippen molar-refractivity contribution in [3.63, 3.8) is 0 Å². The van der Waals surface area contributed by atoms with E-state index in [0.29, 0.717) is 23.9 Å². The van der Waals surface area contributed by atoms with Gasteiger partial charge in [0.25, 0.3) is 0 Å². The van der Waals surface area contributed by atoms with E-state index in [1.54, 1.807) is 0 Å². The lowest BCUT2D eigenvalue weighted by atomic mass is 10.1. The van der Waals surface area contributed by atoms with Crippen molar-refractivity contribution in [1.82, 2.24) is 0 Å². The Hall–Kier alpha value is -2.29. The fourth-order valence-corrected chi connectivity index (χ4v) is 6.15. The fourth-order valence-electron chi connectivity index (χ4n) is 5.41. The van der Waals surface area contributed by atoms with E-state index in [0.717, 1.165) is 70.6 Å². The van der Waals surface area contributed by atoms with E-state index in [1.807, 2.05) is 21.1 Å². The molecule has 0 aromatic rings. The third-order valence-corrected chi connectivity index (χ3v) is 9.77. The zero-order valence-corrected chi connectivity index (χ0v) is 36.5. The molecule has 55 heavy (non-hydrogen) atoms. The third-order valence-electron chi connectivity index (χ3n) is 8.78. The van der Waals surface area contributed by atoms with Crippen LogP contribution in [-0.4, -0.2) is 74.9 Å². The van der Waals surface area contributed by atoms with Crippen molar-refractivity contribution in [2.75, 3.05) is 47.5 Å². The van der Waals surface area contributed by atoms with E-state index in [2.05, 4.69) is 74.6 Å². The van der Waals surface area contributed by atoms with Crippen LogP contribution in [0.1, 0.15) is 162 Å². The van der Waals surface area contributed by atoms with Crippen molar-refractivity contribution in [1.29, 1.82) is 0 Å². The highest BCUT2D eigenvalue weighted by Gasteiger charge is 2.27. The SMILES string of the molecule is CC/C=C\C/C=C\C/C=C\C/C=C\CCCCC(=O)OC[C@H](COP(=O)(O)OCC[N+](C)(C)C)OC(=O)CCCCCCC/C=C\CCCCCCCCC. The number of carbonyl (C=O) groups excluding carboxylic acids is 2. The zero-order valence-electron chi connectivity index (χ0n) is 35.6. The van der Waals surface area contributed by atoms with Gasteiger partial charge in [0.05, 0.1) is 27.7 Å². The lowest BCUT2D eigenvalue weighted by Crippen LogP contribution is -2.37. The molecular weight excluding hydrogens is 713 g/mol. The fraction of sp³-hybridized carbons (Fsp3) is 0.733. The zero-order chi connectivity index (χ0) is 40.7. The minimum Gasteiger partial charge on any atom is -0.462 e. The lowest BCUT2D eigenvalue weighted by molar-refractivity contribution is -0.870. The number of esters is 2. The molecule has 0 spiro atoms. The van der Waals surface area contributed by atoms with E-state index >= 15 is 0 Å². The summed E-state index contributed by atoms with van der Waals surface area (Å²) in [6.07, 6.45) is 44.1. The van der Waals surface area contributed by atoms with Crippen molar-refractivity contribution in [2.45, 2.75) is 168 Å². The Morgan fingerprint density at radius 3 is 1.60 bits per heavy atom. The van der Waals surface area contributed by atoms with Crippen LogP contribution in [0.25, 0.3) is 0 Å². The van der Waals surface area contributed by atoms with Gasteiger partial charge in [-0.2, -0.15) is 0 Å². The molecule has 0 fully saturated rings. The van der Waals surface area contributed by atoms with Gasteiger partial charge in [0.2, 0.25) is 0 Å². The van der Waals surface area contributed by atoms with Gasteiger partial charge < -0.3 is 18.9 Å². The van der Waals surface area contributed by atoms with Gasteiger partial charge in [-0.3, -0.25) is 18.6 Å². The average Bonchev–Trinajstić information content (AvgIpc) is 3.13. The Labute approximate surface area is 336 Å². The van der Waals surface area contributed by atoms with Gasteiger partial charge in [0.1, 0.15) is 19.8 Å². The molecule has 0 bridgehead atoms. The number of allylic oxidation sites excluding steroid dienone is 10. The number of hydrogen-bond acceptors (Lipinski definition) is 7. The minimum atomic E-state index is -4.39. The first-order valence-electron chi connectivity index (χ1n) is 21.5. The minimum absolute atomic E-state index is 0.0210. The molecule has 2 atom stereocenters. The monoisotopic (exact) mass is 795 g/mol. The topological polar surface area (TPSA) is 108 Å². The number of carbonyl (C=O) groups is 2. The van der Waals surface area contributed by atoms with E-state index in [1.165, 1.54) is 51.4 Å². The number of likely N-dealkylation sites (N-methyl/N-ethyl adjacent to an activating group) is 1. The molecule has 9 nitrogen and oxygen atoms in total. The summed E-state index contributed by atoms with van der Waals surface area (Å²) in [6, 6.07) is 0. The van der Waals surface area contributed by atoms with Crippen LogP contribution < -0.4 is 0 Å². The molecule has 1 N–H and O–H groups in total. The summed E-state index contributed by atoms with van der Waals surface area (Å²) in [5.41, 5.74) is 0. The molecule has 0 aromatic heterocycles. The quantitative estimate of drug-likeness (QED) is 0.0216. The van der Waals surface area contributed by atoms with Crippen LogP contribution in [0.15, 0.2) is 60.8 Å². The van der Waals surface area contributed by atoms with Crippen molar-refractivity contribution < 1.29 is 42.1 Å². The Morgan fingerprint density at radius 1 is 0.582 bits per heavy atom. The van der Waals surface area contributed by atoms with Gasteiger partial charge in [-0.1, -0.05) is 132 Å². The van der Waals surface area contributed by atoms with Crippen molar-refractivity contribution in [3.05, 3.63) is 60.8 Å². The Balaban J connectivity index is 4.46. The second-order valence-corrected chi connectivity index (χ2v) is 16.8. The largest absolute Gasteiger partial charge is 0.472 e. The second kappa shape index (κ2) is 37.3. The summed E-state index contributed by atoms with van der Waals surface area (Å²) >= 11 is 0. The standard InChI is InChI=1S/C45H80NO8P/c1-6-8-10-12-14-16-18-20-22-24-26-28-30-32-34-36-38-45(48)54-43(42-53-55(49,50)52-40-39-46(3,4)5)41-51-44(47)37-35-33-31-29-27-25-23-21-19-17-15-13-11-9-7-2/h9,11,15,17,21-24,27,29,43H,6-8,10,12-14,16,18-20,25-26,28,30-42H2,1-5H3/p+1/b11-9-,17-15-,23-21-,24-22-,29-27-/t43-/m1/s1. The molecule has 0 heterocycles. The summed E-state index contributed by atoms with van der Waals surface area (Å²) < 4.78 is 34.2. The number of nitrogens with zero attached hydrogens (tertiary/aromatic N) is 1. The Kier molecular flexibility index (Phi) is 35.7. The first-order valence-corrected chi connectivity index (χ1v) is 23.0. The highest BCUT2D eigenvalue weighted by Crippen LogP contribution is 2.43. The first kappa shape index (κ1) is 52.7. The number of unbranched alkanes of at least 4 members (excludes halogenated alkanes) is 14. The van der Waals surface area contributed by atoms with E-state index in [4.69, 9.17) is 18.5 Å². The van der Waals surface area contributed by atoms with E-state index < -0.39 is 32.5 Å². The maximum atomic E-state index is 12.7. The molecule has 0 amide bonds. The highest BCUT2D eigenvalue weighted by atomic mass is 31.2. The molecule has 0 aliphatic carbocycles. The van der Waals surface area contributed by atoms with E-state index in [9.17, 15) is 19.0 Å². The molecule has 0 aliphatic rings. The normalized spacial score (nSPS) is 14.2. The number of rotatable bonds is 38. The van der Waals surface area contributed by atoms with Gasteiger partial charge in [0.15, 0.2) is 6.10 Å². The summed E-state index contributed by atoms with van der Waals surface area (Å²) in [6.45, 7) is 4.23. The second-order valence-electron chi connectivity index (χ2n) is 15.3. The summed E-state index contributed by atoms with van der Waals surface area (Å²) in [5, 5.41) is 0. The van der Waals surface area contributed by atoms with Crippen LogP contribution in [0.3, 0.4) is 0 Å². The predicted molar refractivity (Wildman–Crippen MR) is 229 cm³/mol. The molecule has 0 aliphatic heterocycles. The van der Waals surface area contributed by atoms with Gasteiger partial charge in [-0.05, 0) is 77.0 Å². The summed E-state index contributed by atoms with van der Waals surface area (Å²) in [4.78, 5) is 35.3. The number of hydrogen-bond donors (Lipinski definition) is 1. The Morgan fingerprint density at radius 2 is 1.04 bits per heavy atom. The van der Waals surface area contributed by atoms with Crippen LogP contribution in [0.5, 0.6) is 0 Å². The van der Waals surface area contributed by atoms with Crippen molar-refractivity contribution >= 4 is 19.8 Å². The van der Waals surface area contributed by atoms with Crippen LogP contribution in [0, 0.1) is 0 Å². The molecule has 318 valence electrons. The number of phosphoric acid groups is 1.